The Balaban J connectivity index is 1.77. The topological polar surface area (TPSA) is 95.6 Å². The van der Waals surface area contributed by atoms with E-state index in [0.29, 0.717) is 29.2 Å². The molecule has 9 heteroatoms. The van der Waals surface area contributed by atoms with E-state index in [9.17, 15) is 14.7 Å². The third-order valence-electron chi connectivity index (χ3n) is 5.84. The van der Waals surface area contributed by atoms with Crippen LogP contribution in [0.3, 0.4) is 0 Å². The predicted octanol–water partition coefficient (Wildman–Crippen LogP) is 3.55. The van der Waals surface area contributed by atoms with E-state index in [1.807, 2.05) is 20.8 Å². The maximum atomic E-state index is 15.2. The van der Waals surface area contributed by atoms with Crippen LogP contribution in [0.5, 0.6) is 11.5 Å². The molecule has 5 rings (SSSR count). The molecule has 2 aromatic heterocycles. The zero-order chi connectivity index (χ0) is 22.1. The minimum atomic E-state index is -1.28. The van der Waals surface area contributed by atoms with Crippen LogP contribution in [0.15, 0.2) is 35.4 Å². The number of ether oxygens (including phenoxy) is 2. The first-order chi connectivity index (χ1) is 14.7. The highest BCUT2D eigenvalue weighted by Gasteiger charge is 2.36. The molecule has 0 aliphatic carbocycles. The van der Waals surface area contributed by atoms with E-state index in [0.717, 1.165) is 0 Å². The average Bonchev–Trinajstić information content (AvgIpc) is 3.33. The molecular formula is C22H20FN3O5. The smallest absolute Gasteiger partial charge is 0.341 e. The summed E-state index contributed by atoms with van der Waals surface area (Å²) in [7, 11) is 0. The van der Waals surface area contributed by atoms with E-state index in [-0.39, 0.29) is 35.1 Å². The maximum Gasteiger partial charge on any atom is 0.341 e. The van der Waals surface area contributed by atoms with Crippen LogP contribution in [-0.2, 0) is 6.54 Å². The molecule has 8 nitrogen and oxygen atoms in total. The number of carbonyl (C=O) groups is 1. The Bertz CT molecular complexity index is 1300. The van der Waals surface area contributed by atoms with Crippen LogP contribution in [0.2, 0.25) is 0 Å². The second-order valence-corrected chi connectivity index (χ2v) is 8.78. The van der Waals surface area contributed by atoms with Gasteiger partial charge >= 0.3 is 5.97 Å². The highest BCUT2D eigenvalue weighted by molar-refractivity contribution is 5.88. The number of carboxylic acids is 1. The van der Waals surface area contributed by atoms with E-state index >= 15 is 4.39 Å². The molecule has 2 aliphatic heterocycles. The first kappa shape index (κ1) is 19.3. The molecule has 0 fully saturated rings. The van der Waals surface area contributed by atoms with E-state index in [2.05, 4.69) is 5.10 Å². The van der Waals surface area contributed by atoms with Gasteiger partial charge in [-0.1, -0.05) is 20.8 Å². The van der Waals surface area contributed by atoms with Crippen LogP contribution in [0.25, 0.3) is 22.5 Å². The summed E-state index contributed by atoms with van der Waals surface area (Å²) in [5.74, 6) is -1.48. The van der Waals surface area contributed by atoms with Gasteiger partial charge in [0.2, 0.25) is 12.5 Å². The molecular weight excluding hydrogens is 405 g/mol. The third kappa shape index (κ3) is 2.83. The number of halogens is 1. The van der Waals surface area contributed by atoms with E-state index in [1.165, 1.54) is 12.3 Å². The Morgan fingerprint density at radius 2 is 2.03 bits per heavy atom. The number of nitrogens with zero attached hydrogens (tertiary/aromatic N) is 3. The normalized spacial score (nSPS) is 16.7. The van der Waals surface area contributed by atoms with Gasteiger partial charge in [0.05, 0.1) is 30.2 Å². The van der Waals surface area contributed by atoms with Crippen LogP contribution in [0.4, 0.5) is 4.39 Å². The van der Waals surface area contributed by atoms with Gasteiger partial charge in [-0.05, 0) is 17.5 Å². The van der Waals surface area contributed by atoms with Crippen molar-refractivity contribution >= 4 is 5.97 Å². The van der Waals surface area contributed by atoms with Gasteiger partial charge in [-0.2, -0.15) is 5.10 Å². The van der Waals surface area contributed by atoms with E-state index < -0.39 is 17.2 Å². The molecule has 0 spiro atoms. The molecule has 4 heterocycles. The number of pyridine rings is 1. The van der Waals surface area contributed by atoms with Crippen molar-refractivity contribution in [2.45, 2.75) is 33.4 Å². The molecule has 1 aromatic carbocycles. The van der Waals surface area contributed by atoms with Crippen molar-refractivity contribution in [1.82, 2.24) is 14.3 Å². The molecule has 160 valence electrons. The molecule has 1 atom stereocenters. The summed E-state index contributed by atoms with van der Waals surface area (Å²) in [6.07, 6.45) is 2.94. The number of aromatic carboxylic acids is 1. The zero-order valence-corrected chi connectivity index (χ0v) is 17.2. The van der Waals surface area contributed by atoms with Crippen LogP contribution < -0.4 is 14.9 Å². The number of rotatable bonds is 2. The van der Waals surface area contributed by atoms with Crippen molar-refractivity contribution in [1.29, 1.82) is 0 Å². The Labute approximate surface area is 176 Å². The lowest BCUT2D eigenvalue weighted by molar-refractivity contribution is 0.0693. The molecule has 1 N–H and O–H groups in total. The molecule has 0 saturated carbocycles. The van der Waals surface area contributed by atoms with E-state index in [4.69, 9.17) is 9.47 Å². The average molecular weight is 425 g/mol. The quantitative estimate of drug-likeness (QED) is 0.675. The Morgan fingerprint density at radius 1 is 1.26 bits per heavy atom. The Morgan fingerprint density at radius 3 is 2.74 bits per heavy atom. The molecule has 0 amide bonds. The number of hydrogen-bond acceptors (Lipinski definition) is 5. The van der Waals surface area contributed by atoms with Gasteiger partial charge in [0.25, 0.3) is 0 Å². The van der Waals surface area contributed by atoms with Crippen LogP contribution in [-0.4, -0.2) is 32.2 Å². The summed E-state index contributed by atoms with van der Waals surface area (Å²) in [6, 6.07) is 4.35. The van der Waals surface area contributed by atoms with Gasteiger partial charge in [-0.25, -0.2) is 9.18 Å². The first-order valence-electron chi connectivity index (χ1n) is 9.81. The summed E-state index contributed by atoms with van der Waals surface area (Å²) in [5, 5.41) is 13.9. The molecule has 0 radical (unpaired) electrons. The van der Waals surface area contributed by atoms with Crippen molar-refractivity contribution in [2.75, 3.05) is 6.79 Å². The van der Waals surface area contributed by atoms with Crippen molar-refractivity contribution in [3.8, 4) is 34.0 Å². The Kier molecular flexibility index (Phi) is 4.02. The van der Waals surface area contributed by atoms with Crippen LogP contribution in [0.1, 0.15) is 37.2 Å². The maximum absolute atomic E-state index is 15.2. The second kappa shape index (κ2) is 6.44. The molecule has 2 aliphatic rings. The number of aromatic nitrogens is 3. The van der Waals surface area contributed by atoms with Gasteiger partial charge in [-0.15, -0.1) is 0 Å². The minimum Gasteiger partial charge on any atom is -0.477 e. The van der Waals surface area contributed by atoms with E-state index in [1.54, 1.807) is 27.6 Å². The van der Waals surface area contributed by atoms with Gasteiger partial charge < -0.3 is 19.1 Å². The fourth-order valence-electron chi connectivity index (χ4n) is 4.24. The monoisotopic (exact) mass is 425 g/mol. The Hall–Kier alpha value is -3.62. The fourth-order valence-corrected chi connectivity index (χ4v) is 4.24. The van der Waals surface area contributed by atoms with Gasteiger partial charge in [0.15, 0.2) is 17.0 Å². The largest absolute Gasteiger partial charge is 0.477 e. The zero-order valence-electron chi connectivity index (χ0n) is 17.2. The SMILES string of the molecule is CC(C)(C)[C@@H]1Cn2ncc(-c3ccc4c(c3F)OCO4)c2-c2cc(=O)c(C(=O)O)cn21. The highest BCUT2D eigenvalue weighted by atomic mass is 19.1. The first-order valence-corrected chi connectivity index (χ1v) is 9.81. The molecule has 0 saturated heterocycles. The molecule has 0 unspecified atom stereocenters. The summed E-state index contributed by atoms with van der Waals surface area (Å²) >= 11 is 0. The highest BCUT2D eigenvalue weighted by Crippen LogP contribution is 2.45. The minimum absolute atomic E-state index is 0.0412. The fraction of sp³-hybridized carbons (Fsp3) is 0.318. The number of carboxylic acid groups (broad SMARTS) is 1. The number of fused-ring (bicyclic) bond motifs is 4. The lowest BCUT2D eigenvalue weighted by Crippen LogP contribution is -2.35. The molecule has 0 bridgehead atoms. The van der Waals surface area contributed by atoms with Crippen molar-refractivity contribution in [3.05, 3.63) is 52.2 Å². The van der Waals surface area contributed by atoms with Crippen molar-refractivity contribution in [3.63, 3.8) is 0 Å². The standard InChI is InChI=1S/C22H20FN3O5/c1-22(2,3)17-9-26-19(14-6-15(27)13(21(28)29)8-25(14)17)12(7-24-26)11-4-5-16-20(18(11)23)31-10-30-16/h4-8,17H,9-10H2,1-3H3,(H,28,29)/t17-/m0/s1. The van der Waals surface area contributed by atoms with Crippen molar-refractivity contribution < 1.29 is 23.8 Å². The van der Waals surface area contributed by atoms with Gasteiger partial charge in [0.1, 0.15) is 5.56 Å². The van der Waals surface area contributed by atoms with Crippen molar-refractivity contribution in [2.24, 2.45) is 5.41 Å². The second-order valence-electron chi connectivity index (χ2n) is 8.78. The lowest BCUT2D eigenvalue weighted by atomic mass is 9.84. The van der Waals surface area contributed by atoms with Crippen LogP contribution >= 0.6 is 0 Å². The van der Waals surface area contributed by atoms with Gasteiger partial charge in [0, 0.05) is 23.4 Å². The molecule has 3 aromatic rings. The third-order valence-corrected chi connectivity index (χ3v) is 5.84. The summed E-state index contributed by atoms with van der Waals surface area (Å²) in [5.41, 5.74) is 0.617. The lowest BCUT2D eigenvalue weighted by Gasteiger charge is -2.38. The molecule has 31 heavy (non-hydrogen) atoms. The van der Waals surface area contributed by atoms with Crippen LogP contribution in [0, 0.1) is 11.2 Å². The number of benzene rings is 1. The van der Waals surface area contributed by atoms with Gasteiger partial charge in [-0.3, -0.25) is 9.48 Å². The number of hydrogen-bond donors (Lipinski definition) is 1. The summed E-state index contributed by atoms with van der Waals surface area (Å²) < 4.78 is 29.3. The summed E-state index contributed by atoms with van der Waals surface area (Å²) in [6.45, 7) is 6.50. The predicted molar refractivity (Wildman–Crippen MR) is 109 cm³/mol. The summed E-state index contributed by atoms with van der Waals surface area (Å²) in [4.78, 5) is 24.1.